The van der Waals surface area contributed by atoms with E-state index < -0.39 is 0 Å². The van der Waals surface area contributed by atoms with E-state index in [1.165, 1.54) is 5.56 Å². The van der Waals surface area contributed by atoms with Crippen LogP contribution in [-0.4, -0.2) is 42.9 Å². The van der Waals surface area contributed by atoms with Crippen LogP contribution in [-0.2, 0) is 10.8 Å². The molecule has 0 saturated carbocycles. The van der Waals surface area contributed by atoms with Crippen molar-refractivity contribution in [3.63, 3.8) is 0 Å². The molecule has 1 fully saturated rings. The first-order chi connectivity index (χ1) is 11.6. The molecule has 1 atom stereocenters. The van der Waals surface area contributed by atoms with E-state index in [0.717, 1.165) is 37.3 Å². The summed E-state index contributed by atoms with van der Waals surface area (Å²) in [5.74, 6) is 0.345. The van der Waals surface area contributed by atoms with Crippen LogP contribution in [0.2, 0.25) is 0 Å². The number of piperazine rings is 1. The van der Waals surface area contributed by atoms with E-state index in [1.54, 1.807) is 0 Å². The summed E-state index contributed by atoms with van der Waals surface area (Å²) in [5.41, 5.74) is 2.85. The van der Waals surface area contributed by atoms with Gasteiger partial charge in [-0.1, -0.05) is 47.6 Å². The second kappa shape index (κ2) is 7.63. The molecule has 4 heteroatoms. The Morgan fingerprint density at radius 2 is 1.68 bits per heavy atom. The molecule has 2 N–H and O–H groups in total. The van der Waals surface area contributed by atoms with Crippen LogP contribution in [0.15, 0.2) is 12.1 Å². The highest BCUT2D eigenvalue weighted by molar-refractivity contribution is 5.50. The predicted octanol–water partition coefficient (Wildman–Crippen LogP) is 4.29. The quantitative estimate of drug-likeness (QED) is 0.850. The molecule has 1 aromatic rings. The Kier molecular flexibility index (Phi) is 6.16. The fourth-order valence-corrected chi connectivity index (χ4v) is 3.55. The Bertz CT molecular complexity index is 581. The summed E-state index contributed by atoms with van der Waals surface area (Å²) in [7, 11) is 0. The third-order valence-electron chi connectivity index (χ3n) is 5.15. The second-order valence-electron chi connectivity index (χ2n) is 9.24. The Labute approximate surface area is 152 Å². The lowest BCUT2D eigenvalue weighted by Crippen LogP contribution is -2.45. The highest BCUT2D eigenvalue weighted by atomic mass is 19.1. The molecule has 0 bridgehead atoms. The number of alkyl halides is 1. The highest BCUT2D eigenvalue weighted by Crippen LogP contribution is 2.42. The van der Waals surface area contributed by atoms with Gasteiger partial charge in [0, 0.05) is 37.8 Å². The monoisotopic (exact) mass is 350 g/mol. The van der Waals surface area contributed by atoms with Crippen molar-refractivity contribution in [1.29, 1.82) is 0 Å². The van der Waals surface area contributed by atoms with E-state index in [9.17, 15) is 9.50 Å². The van der Waals surface area contributed by atoms with E-state index in [0.29, 0.717) is 12.2 Å². The van der Waals surface area contributed by atoms with Crippen LogP contribution in [0.25, 0.3) is 0 Å². The van der Waals surface area contributed by atoms with Gasteiger partial charge >= 0.3 is 0 Å². The molecule has 3 nitrogen and oxygen atoms in total. The summed E-state index contributed by atoms with van der Waals surface area (Å²) >= 11 is 0. The molecule has 25 heavy (non-hydrogen) atoms. The SMILES string of the molecule is CC(C)(C)c1cc([C@@H](CCF)N2CCNCC2)c(O)c(C(C)(C)C)c1. The van der Waals surface area contributed by atoms with Crippen LogP contribution in [0.5, 0.6) is 5.75 Å². The van der Waals surface area contributed by atoms with Gasteiger partial charge in [-0.3, -0.25) is 9.29 Å². The van der Waals surface area contributed by atoms with Crippen LogP contribution < -0.4 is 5.32 Å². The Morgan fingerprint density at radius 1 is 1.08 bits per heavy atom. The zero-order valence-corrected chi connectivity index (χ0v) is 16.7. The van der Waals surface area contributed by atoms with E-state index in [1.807, 2.05) is 0 Å². The van der Waals surface area contributed by atoms with Crippen molar-refractivity contribution >= 4 is 0 Å². The molecule has 0 aromatic heterocycles. The maximum absolute atomic E-state index is 13.4. The van der Waals surface area contributed by atoms with Gasteiger partial charge in [-0.25, -0.2) is 0 Å². The molecule has 1 aliphatic heterocycles. The summed E-state index contributed by atoms with van der Waals surface area (Å²) in [5, 5.41) is 14.4. The molecule has 1 heterocycles. The number of rotatable bonds is 4. The third kappa shape index (κ3) is 4.73. The highest BCUT2D eigenvalue weighted by Gasteiger charge is 2.30. The number of phenols is 1. The molecule has 0 unspecified atom stereocenters. The molecule has 2 rings (SSSR count). The minimum absolute atomic E-state index is 0.0217. The normalized spacial score (nSPS) is 18.4. The molecule has 0 aliphatic carbocycles. The molecule has 1 aromatic carbocycles. The maximum Gasteiger partial charge on any atom is 0.124 e. The molecule has 1 aliphatic rings. The molecule has 142 valence electrons. The maximum atomic E-state index is 13.4. The van der Waals surface area contributed by atoms with Crippen LogP contribution in [0.3, 0.4) is 0 Å². The topological polar surface area (TPSA) is 35.5 Å². The summed E-state index contributed by atoms with van der Waals surface area (Å²) in [6, 6.07) is 4.16. The van der Waals surface area contributed by atoms with Crippen LogP contribution in [0.4, 0.5) is 4.39 Å². The minimum atomic E-state index is -0.376. The number of nitrogens with zero attached hydrogens (tertiary/aromatic N) is 1. The summed E-state index contributed by atoms with van der Waals surface area (Å²) < 4.78 is 13.4. The number of hydrogen-bond acceptors (Lipinski definition) is 3. The summed E-state index contributed by atoms with van der Waals surface area (Å²) in [6.45, 7) is 16.1. The summed E-state index contributed by atoms with van der Waals surface area (Å²) in [4.78, 5) is 2.31. The number of halogens is 1. The van der Waals surface area contributed by atoms with Gasteiger partial charge in [0.05, 0.1) is 6.67 Å². The van der Waals surface area contributed by atoms with E-state index in [-0.39, 0.29) is 23.5 Å². The van der Waals surface area contributed by atoms with Crippen LogP contribution in [0, 0.1) is 0 Å². The van der Waals surface area contributed by atoms with Gasteiger partial charge in [-0.15, -0.1) is 0 Å². The third-order valence-corrected chi connectivity index (χ3v) is 5.15. The van der Waals surface area contributed by atoms with Gasteiger partial charge in [0.15, 0.2) is 0 Å². The average molecular weight is 351 g/mol. The molecular formula is C21H35FN2O. The van der Waals surface area contributed by atoms with Crippen molar-refractivity contribution in [3.8, 4) is 5.75 Å². The number of hydrogen-bond donors (Lipinski definition) is 2. The minimum Gasteiger partial charge on any atom is -0.507 e. The molecule has 0 amide bonds. The molecule has 0 radical (unpaired) electrons. The fraction of sp³-hybridized carbons (Fsp3) is 0.714. The van der Waals surface area contributed by atoms with Crippen LogP contribution in [0.1, 0.15) is 70.7 Å². The lowest BCUT2D eigenvalue weighted by Gasteiger charge is -2.37. The first-order valence-corrected chi connectivity index (χ1v) is 9.44. The Balaban J connectivity index is 2.59. The van der Waals surface area contributed by atoms with Crippen molar-refractivity contribution < 1.29 is 9.50 Å². The van der Waals surface area contributed by atoms with E-state index >= 15 is 0 Å². The van der Waals surface area contributed by atoms with Crippen molar-refractivity contribution in [2.24, 2.45) is 0 Å². The van der Waals surface area contributed by atoms with Gasteiger partial charge in [-0.05, 0) is 34.4 Å². The van der Waals surface area contributed by atoms with Crippen molar-refractivity contribution in [3.05, 3.63) is 28.8 Å². The van der Waals surface area contributed by atoms with Gasteiger partial charge in [0.2, 0.25) is 0 Å². The largest absolute Gasteiger partial charge is 0.507 e. The number of phenolic OH excluding ortho intramolecular Hbond substituents is 1. The van der Waals surface area contributed by atoms with Crippen molar-refractivity contribution in [2.75, 3.05) is 32.9 Å². The first kappa shape index (κ1) is 20.2. The zero-order chi connectivity index (χ0) is 18.8. The van der Waals surface area contributed by atoms with Gasteiger partial charge in [0.1, 0.15) is 5.75 Å². The number of aromatic hydroxyl groups is 1. The van der Waals surface area contributed by atoms with Crippen LogP contribution >= 0.6 is 0 Å². The Hall–Kier alpha value is -1.13. The van der Waals surface area contributed by atoms with Crippen molar-refractivity contribution in [2.45, 2.75) is 64.8 Å². The standard InChI is InChI=1S/C21H35FN2O/c1-20(2,3)15-13-16(19(25)17(14-15)21(4,5)6)18(7-8-22)24-11-9-23-10-12-24/h13-14,18,23,25H,7-12H2,1-6H3/t18-/m1/s1. The first-order valence-electron chi connectivity index (χ1n) is 9.44. The van der Waals surface area contributed by atoms with Gasteiger partial charge < -0.3 is 10.4 Å². The average Bonchev–Trinajstić information content (AvgIpc) is 2.52. The van der Waals surface area contributed by atoms with E-state index in [2.05, 4.69) is 63.9 Å². The number of nitrogens with one attached hydrogen (secondary N) is 1. The second-order valence-corrected chi connectivity index (χ2v) is 9.24. The molecule has 1 saturated heterocycles. The summed E-state index contributed by atoms with van der Waals surface area (Å²) in [6.07, 6.45) is 0.421. The predicted molar refractivity (Wildman–Crippen MR) is 103 cm³/mol. The molecule has 0 spiro atoms. The zero-order valence-electron chi connectivity index (χ0n) is 16.7. The lowest BCUT2D eigenvalue weighted by molar-refractivity contribution is 0.154. The lowest BCUT2D eigenvalue weighted by atomic mass is 9.77. The number of benzene rings is 1. The van der Waals surface area contributed by atoms with Crippen molar-refractivity contribution in [1.82, 2.24) is 10.2 Å². The van der Waals surface area contributed by atoms with Gasteiger partial charge in [0.25, 0.3) is 0 Å². The molecular weight excluding hydrogens is 315 g/mol. The van der Waals surface area contributed by atoms with E-state index in [4.69, 9.17) is 0 Å². The Morgan fingerprint density at radius 3 is 2.16 bits per heavy atom. The smallest absolute Gasteiger partial charge is 0.124 e. The van der Waals surface area contributed by atoms with Gasteiger partial charge in [-0.2, -0.15) is 0 Å². The fourth-order valence-electron chi connectivity index (χ4n) is 3.55.